The van der Waals surface area contributed by atoms with Crippen molar-refractivity contribution in [3.63, 3.8) is 0 Å². The highest BCUT2D eigenvalue weighted by Gasteiger charge is 2.29. The monoisotopic (exact) mass is 254 g/mol. The van der Waals surface area contributed by atoms with E-state index in [2.05, 4.69) is 33.0 Å². The van der Waals surface area contributed by atoms with Crippen molar-refractivity contribution in [3.8, 4) is 0 Å². The third-order valence-corrected chi connectivity index (χ3v) is 4.39. The summed E-state index contributed by atoms with van der Waals surface area (Å²) >= 11 is 0. The zero-order chi connectivity index (χ0) is 13.8. The molecular formula is C15H30N2O. The Labute approximate surface area is 112 Å². The predicted molar refractivity (Wildman–Crippen MR) is 76.2 cm³/mol. The summed E-state index contributed by atoms with van der Waals surface area (Å²) in [6.07, 6.45) is 5.56. The molecule has 3 heteroatoms. The fraction of sp³-hybridized carbons (Fsp3) is 0.933. The molecule has 3 N–H and O–H groups in total. The second kappa shape index (κ2) is 6.55. The summed E-state index contributed by atoms with van der Waals surface area (Å²) in [7, 11) is 0. The molecule has 1 rings (SSSR count). The van der Waals surface area contributed by atoms with Gasteiger partial charge in [0.2, 0.25) is 5.91 Å². The highest BCUT2D eigenvalue weighted by Crippen LogP contribution is 2.31. The summed E-state index contributed by atoms with van der Waals surface area (Å²) in [6.45, 7) is 9.33. The minimum Gasteiger partial charge on any atom is -0.353 e. The fourth-order valence-electron chi connectivity index (χ4n) is 2.57. The van der Waals surface area contributed by atoms with Gasteiger partial charge in [-0.25, -0.2) is 0 Å². The Morgan fingerprint density at radius 3 is 2.61 bits per heavy atom. The van der Waals surface area contributed by atoms with Crippen molar-refractivity contribution in [1.82, 2.24) is 5.32 Å². The SMILES string of the molecule is CC(NC(=O)C1CCCC(CCN)C1)C(C)(C)C. The highest BCUT2D eigenvalue weighted by molar-refractivity contribution is 5.79. The Bertz CT molecular complexity index is 268. The molecule has 0 radical (unpaired) electrons. The topological polar surface area (TPSA) is 55.1 Å². The van der Waals surface area contributed by atoms with E-state index in [1.54, 1.807) is 0 Å². The van der Waals surface area contributed by atoms with E-state index in [9.17, 15) is 4.79 Å². The number of nitrogens with one attached hydrogen (secondary N) is 1. The first-order valence-electron chi connectivity index (χ1n) is 7.35. The lowest BCUT2D eigenvalue weighted by atomic mass is 9.79. The first-order chi connectivity index (χ1) is 8.34. The maximum absolute atomic E-state index is 12.3. The molecule has 106 valence electrons. The molecule has 1 amide bonds. The van der Waals surface area contributed by atoms with Crippen molar-refractivity contribution in [2.24, 2.45) is 23.0 Å². The summed E-state index contributed by atoms with van der Waals surface area (Å²) in [5.41, 5.74) is 5.74. The molecule has 3 atom stereocenters. The minimum absolute atomic E-state index is 0.126. The third-order valence-electron chi connectivity index (χ3n) is 4.39. The number of carbonyl (C=O) groups excluding carboxylic acids is 1. The maximum atomic E-state index is 12.3. The van der Waals surface area contributed by atoms with Crippen LogP contribution in [0, 0.1) is 17.3 Å². The van der Waals surface area contributed by atoms with Crippen LogP contribution in [0.3, 0.4) is 0 Å². The van der Waals surface area contributed by atoms with E-state index in [1.807, 2.05) is 0 Å². The zero-order valence-electron chi connectivity index (χ0n) is 12.5. The van der Waals surface area contributed by atoms with Crippen molar-refractivity contribution in [2.45, 2.75) is 65.8 Å². The van der Waals surface area contributed by atoms with Crippen LogP contribution in [-0.4, -0.2) is 18.5 Å². The quantitative estimate of drug-likeness (QED) is 0.810. The van der Waals surface area contributed by atoms with Crippen molar-refractivity contribution < 1.29 is 4.79 Å². The van der Waals surface area contributed by atoms with E-state index in [0.29, 0.717) is 5.92 Å². The first kappa shape index (κ1) is 15.5. The smallest absolute Gasteiger partial charge is 0.223 e. The molecule has 0 bridgehead atoms. The molecule has 3 unspecified atom stereocenters. The lowest BCUT2D eigenvalue weighted by Crippen LogP contribution is -2.45. The lowest BCUT2D eigenvalue weighted by Gasteiger charge is -2.32. The van der Waals surface area contributed by atoms with Crippen molar-refractivity contribution in [3.05, 3.63) is 0 Å². The molecule has 0 spiro atoms. The van der Waals surface area contributed by atoms with Gasteiger partial charge >= 0.3 is 0 Å². The van der Waals surface area contributed by atoms with Crippen molar-refractivity contribution in [1.29, 1.82) is 0 Å². The summed E-state index contributed by atoms with van der Waals surface area (Å²) in [4.78, 5) is 12.3. The van der Waals surface area contributed by atoms with Crippen LogP contribution in [0.25, 0.3) is 0 Å². The minimum atomic E-state index is 0.126. The Hall–Kier alpha value is -0.570. The van der Waals surface area contributed by atoms with Crippen LogP contribution in [0.4, 0.5) is 0 Å². The molecule has 0 aromatic heterocycles. The van der Waals surface area contributed by atoms with E-state index in [1.165, 1.54) is 12.8 Å². The van der Waals surface area contributed by atoms with E-state index < -0.39 is 0 Å². The second-order valence-corrected chi connectivity index (χ2v) is 6.90. The van der Waals surface area contributed by atoms with Crippen LogP contribution in [0.5, 0.6) is 0 Å². The molecule has 0 aromatic rings. The van der Waals surface area contributed by atoms with Crippen LogP contribution < -0.4 is 11.1 Å². The van der Waals surface area contributed by atoms with E-state index in [0.717, 1.165) is 25.8 Å². The standard InChI is InChI=1S/C15H30N2O/c1-11(15(2,3)4)17-14(18)13-7-5-6-12(10-13)8-9-16/h11-13H,5-10,16H2,1-4H3,(H,17,18). The Morgan fingerprint density at radius 1 is 1.39 bits per heavy atom. The average Bonchev–Trinajstić information content (AvgIpc) is 2.28. The molecule has 1 aliphatic carbocycles. The van der Waals surface area contributed by atoms with Crippen LogP contribution >= 0.6 is 0 Å². The number of carbonyl (C=O) groups is 1. The van der Waals surface area contributed by atoms with Gasteiger partial charge in [-0.05, 0) is 44.1 Å². The normalized spacial score (nSPS) is 26.7. The van der Waals surface area contributed by atoms with Crippen LogP contribution in [0.2, 0.25) is 0 Å². The number of hydrogen-bond acceptors (Lipinski definition) is 2. The van der Waals surface area contributed by atoms with Gasteiger partial charge in [0.25, 0.3) is 0 Å². The molecule has 18 heavy (non-hydrogen) atoms. The largest absolute Gasteiger partial charge is 0.353 e. The molecule has 3 nitrogen and oxygen atoms in total. The molecule has 0 heterocycles. The van der Waals surface area contributed by atoms with Gasteiger partial charge in [-0.15, -0.1) is 0 Å². The fourth-order valence-corrected chi connectivity index (χ4v) is 2.57. The van der Waals surface area contributed by atoms with E-state index in [-0.39, 0.29) is 23.3 Å². The Morgan fingerprint density at radius 2 is 2.06 bits per heavy atom. The molecule has 1 aliphatic rings. The molecule has 1 fully saturated rings. The first-order valence-corrected chi connectivity index (χ1v) is 7.35. The molecule has 0 aromatic carbocycles. The number of nitrogens with two attached hydrogens (primary N) is 1. The van der Waals surface area contributed by atoms with E-state index >= 15 is 0 Å². The summed E-state index contributed by atoms with van der Waals surface area (Å²) in [6, 6.07) is 0.222. The third kappa shape index (κ3) is 4.60. The van der Waals surface area contributed by atoms with Gasteiger partial charge in [0, 0.05) is 12.0 Å². The lowest BCUT2D eigenvalue weighted by molar-refractivity contribution is -0.127. The molecule has 0 aliphatic heterocycles. The molecule has 0 saturated heterocycles. The van der Waals surface area contributed by atoms with E-state index in [4.69, 9.17) is 5.73 Å². The Kier molecular flexibility index (Phi) is 5.64. The van der Waals surface area contributed by atoms with Crippen molar-refractivity contribution >= 4 is 5.91 Å². The average molecular weight is 254 g/mol. The van der Waals surface area contributed by atoms with Gasteiger partial charge in [-0.2, -0.15) is 0 Å². The Balaban J connectivity index is 2.46. The number of hydrogen-bond donors (Lipinski definition) is 2. The van der Waals surface area contributed by atoms with Crippen molar-refractivity contribution in [2.75, 3.05) is 6.54 Å². The summed E-state index contributed by atoms with van der Waals surface area (Å²) < 4.78 is 0. The van der Waals surface area contributed by atoms with Crippen LogP contribution in [0.1, 0.15) is 59.8 Å². The number of amides is 1. The second-order valence-electron chi connectivity index (χ2n) is 6.90. The number of rotatable bonds is 4. The molecule has 1 saturated carbocycles. The van der Waals surface area contributed by atoms with Gasteiger partial charge in [-0.3, -0.25) is 4.79 Å². The van der Waals surface area contributed by atoms with Gasteiger partial charge in [0.15, 0.2) is 0 Å². The van der Waals surface area contributed by atoms with Gasteiger partial charge in [-0.1, -0.05) is 33.6 Å². The summed E-state index contributed by atoms with van der Waals surface area (Å²) in [5, 5.41) is 3.18. The molecular weight excluding hydrogens is 224 g/mol. The van der Waals surface area contributed by atoms with Crippen LogP contribution in [0.15, 0.2) is 0 Å². The summed E-state index contributed by atoms with van der Waals surface area (Å²) in [5.74, 6) is 1.11. The van der Waals surface area contributed by atoms with Crippen LogP contribution in [-0.2, 0) is 4.79 Å². The highest BCUT2D eigenvalue weighted by atomic mass is 16.1. The predicted octanol–water partition coefficient (Wildman–Crippen LogP) is 2.69. The van der Waals surface area contributed by atoms with Gasteiger partial charge in [0.1, 0.15) is 0 Å². The zero-order valence-corrected chi connectivity index (χ0v) is 12.5. The van der Waals surface area contributed by atoms with Gasteiger partial charge in [0.05, 0.1) is 0 Å². The maximum Gasteiger partial charge on any atom is 0.223 e. The van der Waals surface area contributed by atoms with Gasteiger partial charge < -0.3 is 11.1 Å².